The van der Waals surface area contributed by atoms with Gasteiger partial charge in [0, 0.05) is 19.1 Å². The second-order valence-corrected chi connectivity index (χ2v) is 5.22. The lowest BCUT2D eigenvalue weighted by Crippen LogP contribution is -2.41. The van der Waals surface area contributed by atoms with Crippen LogP contribution in [0.5, 0.6) is 0 Å². The molecule has 1 aromatic rings. The van der Waals surface area contributed by atoms with E-state index in [0.29, 0.717) is 6.54 Å². The van der Waals surface area contributed by atoms with E-state index in [1.807, 2.05) is 6.07 Å². The van der Waals surface area contributed by atoms with Gasteiger partial charge < -0.3 is 5.73 Å². The van der Waals surface area contributed by atoms with Gasteiger partial charge in [-0.05, 0) is 43.0 Å². The largest absolute Gasteiger partial charge is 0.329 e. The molecule has 0 aromatic heterocycles. The molecule has 1 heterocycles. The summed E-state index contributed by atoms with van der Waals surface area (Å²) in [6, 6.07) is 7.02. The summed E-state index contributed by atoms with van der Waals surface area (Å²) in [6.45, 7) is 4.97. The Labute approximate surface area is 109 Å². The highest BCUT2D eigenvalue weighted by Crippen LogP contribution is 2.27. The van der Waals surface area contributed by atoms with Gasteiger partial charge in [0.25, 0.3) is 0 Å². The number of halogens is 1. The fourth-order valence-corrected chi connectivity index (χ4v) is 2.92. The summed E-state index contributed by atoms with van der Waals surface area (Å²) < 4.78 is 13.3. The molecular formula is C15H23FN2. The van der Waals surface area contributed by atoms with E-state index in [1.54, 1.807) is 12.1 Å². The molecule has 2 N–H and O–H groups in total. The standard InChI is InChI=1S/C15H23FN2/c1-2-12-5-4-8-18(11-12)15(10-17)13-6-3-7-14(16)9-13/h3,6-7,9,12,15H,2,4-5,8,10-11,17H2,1H3. The Kier molecular flexibility index (Phi) is 4.72. The van der Waals surface area contributed by atoms with Crippen molar-refractivity contribution in [3.63, 3.8) is 0 Å². The molecule has 100 valence electrons. The summed E-state index contributed by atoms with van der Waals surface area (Å²) >= 11 is 0. The molecule has 0 radical (unpaired) electrons. The molecule has 3 heteroatoms. The van der Waals surface area contributed by atoms with Crippen LogP contribution in [-0.2, 0) is 0 Å². The molecule has 0 saturated carbocycles. The zero-order valence-corrected chi connectivity index (χ0v) is 11.1. The van der Waals surface area contributed by atoms with E-state index in [2.05, 4.69) is 11.8 Å². The summed E-state index contributed by atoms with van der Waals surface area (Å²) in [5, 5.41) is 0. The van der Waals surface area contributed by atoms with Crippen molar-refractivity contribution in [3.05, 3.63) is 35.6 Å². The maximum atomic E-state index is 13.3. The highest BCUT2D eigenvalue weighted by molar-refractivity contribution is 5.20. The van der Waals surface area contributed by atoms with Crippen molar-refractivity contribution in [1.29, 1.82) is 0 Å². The number of benzene rings is 1. The van der Waals surface area contributed by atoms with Crippen LogP contribution in [0.4, 0.5) is 4.39 Å². The summed E-state index contributed by atoms with van der Waals surface area (Å²) in [5.74, 6) is 0.594. The van der Waals surface area contributed by atoms with E-state index >= 15 is 0 Å². The van der Waals surface area contributed by atoms with Crippen LogP contribution in [0.25, 0.3) is 0 Å². The quantitative estimate of drug-likeness (QED) is 0.890. The predicted molar refractivity (Wildman–Crippen MR) is 72.8 cm³/mol. The van der Waals surface area contributed by atoms with Crippen LogP contribution in [-0.4, -0.2) is 24.5 Å². The Balaban J connectivity index is 2.12. The molecule has 0 bridgehead atoms. The number of rotatable bonds is 4. The van der Waals surface area contributed by atoms with Crippen molar-refractivity contribution in [2.45, 2.75) is 32.2 Å². The highest BCUT2D eigenvalue weighted by atomic mass is 19.1. The first kappa shape index (κ1) is 13.5. The maximum Gasteiger partial charge on any atom is 0.123 e. The van der Waals surface area contributed by atoms with Crippen LogP contribution in [0.3, 0.4) is 0 Å². The molecule has 2 unspecified atom stereocenters. The molecule has 1 saturated heterocycles. The topological polar surface area (TPSA) is 29.3 Å². The van der Waals surface area contributed by atoms with Gasteiger partial charge in [0.2, 0.25) is 0 Å². The second kappa shape index (κ2) is 6.30. The Morgan fingerprint density at radius 2 is 2.33 bits per heavy atom. The van der Waals surface area contributed by atoms with Crippen molar-refractivity contribution in [2.75, 3.05) is 19.6 Å². The zero-order chi connectivity index (χ0) is 13.0. The van der Waals surface area contributed by atoms with Gasteiger partial charge in [-0.1, -0.05) is 25.5 Å². The van der Waals surface area contributed by atoms with Crippen LogP contribution in [0.1, 0.15) is 37.8 Å². The van der Waals surface area contributed by atoms with Gasteiger partial charge >= 0.3 is 0 Å². The number of nitrogens with two attached hydrogens (primary N) is 1. The lowest BCUT2D eigenvalue weighted by Gasteiger charge is -2.38. The number of nitrogens with zero attached hydrogens (tertiary/aromatic N) is 1. The lowest BCUT2D eigenvalue weighted by molar-refractivity contribution is 0.124. The molecule has 1 aromatic carbocycles. The number of hydrogen-bond donors (Lipinski definition) is 1. The van der Waals surface area contributed by atoms with Gasteiger partial charge in [0.05, 0.1) is 0 Å². The molecule has 0 spiro atoms. The first-order valence-electron chi connectivity index (χ1n) is 6.94. The summed E-state index contributed by atoms with van der Waals surface area (Å²) in [4.78, 5) is 2.42. The minimum Gasteiger partial charge on any atom is -0.329 e. The van der Waals surface area contributed by atoms with Gasteiger partial charge in [0.1, 0.15) is 5.82 Å². The van der Waals surface area contributed by atoms with Crippen molar-refractivity contribution in [3.8, 4) is 0 Å². The number of likely N-dealkylation sites (tertiary alicyclic amines) is 1. The Morgan fingerprint density at radius 3 is 3.00 bits per heavy atom. The average Bonchev–Trinajstić information content (AvgIpc) is 2.40. The van der Waals surface area contributed by atoms with Crippen molar-refractivity contribution in [1.82, 2.24) is 4.90 Å². The first-order valence-corrected chi connectivity index (χ1v) is 6.94. The third-order valence-corrected chi connectivity index (χ3v) is 4.03. The molecule has 0 aliphatic carbocycles. The van der Waals surface area contributed by atoms with Gasteiger partial charge in [-0.25, -0.2) is 4.39 Å². The first-order chi connectivity index (χ1) is 8.74. The predicted octanol–water partition coefficient (Wildman–Crippen LogP) is 2.95. The van der Waals surface area contributed by atoms with E-state index in [0.717, 1.165) is 24.6 Å². The van der Waals surface area contributed by atoms with Crippen LogP contribution in [0.2, 0.25) is 0 Å². The van der Waals surface area contributed by atoms with Crippen LogP contribution in [0.15, 0.2) is 24.3 Å². The molecule has 18 heavy (non-hydrogen) atoms. The van der Waals surface area contributed by atoms with Gasteiger partial charge in [-0.2, -0.15) is 0 Å². The van der Waals surface area contributed by atoms with Gasteiger partial charge in [-0.3, -0.25) is 4.90 Å². The monoisotopic (exact) mass is 250 g/mol. The summed E-state index contributed by atoms with van der Waals surface area (Å²) in [6.07, 6.45) is 3.76. The molecular weight excluding hydrogens is 227 g/mol. The molecule has 2 atom stereocenters. The molecule has 1 fully saturated rings. The SMILES string of the molecule is CCC1CCCN(C(CN)c2cccc(F)c2)C1. The van der Waals surface area contributed by atoms with E-state index in [-0.39, 0.29) is 11.9 Å². The molecule has 1 aliphatic rings. The molecule has 2 rings (SSSR count). The van der Waals surface area contributed by atoms with E-state index in [1.165, 1.54) is 25.3 Å². The molecule has 0 amide bonds. The smallest absolute Gasteiger partial charge is 0.123 e. The van der Waals surface area contributed by atoms with Crippen molar-refractivity contribution in [2.24, 2.45) is 11.7 Å². The zero-order valence-electron chi connectivity index (χ0n) is 11.1. The number of hydrogen-bond acceptors (Lipinski definition) is 2. The minimum atomic E-state index is -0.171. The van der Waals surface area contributed by atoms with Crippen LogP contribution >= 0.6 is 0 Å². The van der Waals surface area contributed by atoms with Crippen molar-refractivity contribution < 1.29 is 4.39 Å². The Bertz CT molecular complexity index is 381. The Hall–Kier alpha value is -0.930. The Morgan fingerprint density at radius 1 is 1.50 bits per heavy atom. The molecule has 2 nitrogen and oxygen atoms in total. The lowest BCUT2D eigenvalue weighted by atomic mass is 9.93. The fraction of sp³-hybridized carbons (Fsp3) is 0.600. The van der Waals surface area contributed by atoms with E-state index in [9.17, 15) is 4.39 Å². The fourth-order valence-electron chi connectivity index (χ4n) is 2.92. The highest BCUT2D eigenvalue weighted by Gasteiger charge is 2.25. The van der Waals surface area contributed by atoms with E-state index in [4.69, 9.17) is 5.73 Å². The summed E-state index contributed by atoms with van der Waals surface area (Å²) in [7, 11) is 0. The summed E-state index contributed by atoms with van der Waals surface area (Å²) in [5.41, 5.74) is 6.92. The van der Waals surface area contributed by atoms with Crippen LogP contribution < -0.4 is 5.73 Å². The van der Waals surface area contributed by atoms with E-state index < -0.39 is 0 Å². The number of piperidine rings is 1. The molecule has 1 aliphatic heterocycles. The van der Waals surface area contributed by atoms with Gasteiger partial charge in [-0.15, -0.1) is 0 Å². The van der Waals surface area contributed by atoms with Gasteiger partial charge in [0.15, 0.2) is 0 Å². The normalized spacial score (nSPS) is 22.9. The third-order valence-electron chi connectivity index (χ3n) is 4.03. The van der Waals surface area contributed by atoms with Crippen LogP contribution in [0, 0.1) is 11.7 Å². The average molecular weight is 250 g/mol. The third kappa shape index (κ3) is 3.09. The maximum absolute atomic E-state index is 13.3. The minimum absolute atomic E-state index is 0.162. The second-order valence-electron chi connectivity index (χ2n) is 5.22. The van der Waals surface area contributed by atoms with Crippen molar-refractivity contribution >= 4 is 0 Å².